The Morgan fingerprint density at radius 1 is 0.240 bits per heavy atom. The van der Waals surface area contributed by atoms with Gasteiger partial charge in [0.2, 0.25) is 50.2 Å². The van der Waals surface area contributed by atoms with E-state index in [9.17, 15) is 0 Å². The smallest absolute Gasteiger partial charge is 0.231 e. The largest absolute Gasteiger partial charge is 0.453 e. The molecule has 8 bridgehead atoms. The van der Waals surface area contributed by atoms with E-state index in [1.807, 2.05) is 0 Å². The summed E-state index contributed by atoms with van der Waals surface area (Å²) >= 11 is 0. The van der Waals surface area contributed by atoms with Gasteiger partial charge in [-0.1, -0.05) is 283 Å². The zero-order valence-corrected chi connectivity index (χ0v) is 62.6. The molecule has 4 aliphatic heterocycles. The van der Waals surface area contributed by atoms with Gasteiger partial charge < -0.3 is 56.8 Å². The SMILES string of the molecule is CC#COc1c2c3cc4c1OCOc1c(cc5c(c1OC#CC)OCOc1c(cc6c(c1OC#CC)OCOc1c(cc(c(c1OC#CC)OCO2)C3CCCCCCCCCCC)C6CCCCCCCCCCC)C5CCCCCCCCCCC)C4CCCCCCCCCCC. The minimum atomic E-state index is -0.335. The first-order chi connectivity index (χ1) is 49.5. The predicted octanol–water partition coefficient (Wildman–Crippen LogP) is 24.6. The van der Waals surface area contributed by atoms with Crippen LogP contribution in [0.4, 0.5) is 0 Å². The van der Waals surface area contributed by atoms with E-state index in [0.717, 1.165) is 147 Å². The van der Waals surface area contributed by atoms with Crippen molar-refractivity contribution in [3.05, 3.63) is 68.8 Å². The first kappa shape index (κ1) is 76.9. The van der Waals surface area contributed by atoms with Crippen molar-refractivity contribution in [1.29, 1.82) is 0 Å². The van der Waals surface area contributed by atoms with Crippen LogP contribution in [0.2, 0.25) is 0 Å². The molecular weight excluding hydrogens is 1250 g/mol. The molecule has 4 aromatic carbocycles. The Kier molecular flexibility index (Phi) is 33.0. The maximum atomic E-state index is 7.07. The third-order valence-electron chi connectivity index (χ3n) is 21.0. The summed E-state index contributed by atoms with van der Waals surface area (Å²) in [4.78, 5) is 0. The van der Waals surface area contributed by atoms with Crippen LogP contribution in [0.3, 0.4) is 0 Å². The highest BCUT2D eigenvalue weighted by molar-refractivity contribution is 5.74. The molecule has 544 valence electrons. The molecule has 0 atom stereocenters. The quantitative estimate of drug-likeness (QED) is 0.0311. The highest BCUT2D eigenvalue weighted by atomic mass is 16.7. The van der Waals surface area contributed by atoms with E-state index in [-0.39, 0.29) is 50.8 Å². The lowest BCUT2D eigenvalue weighted by molar-refractivity contribution is 0.0891. The molecule has 9 rings (SSSR count). The van der Waals surface area contributed by atoms with Gasteiger partial charge in [-0.05, 0) is 49.9 Å². The number of rotatable bonds is 44. The van der Waals surface area contributed by atoms with Crippen molar-refractivity contribution in [2.75, 3.05) is 27.2 Å². The molecule has 0 saturated heterocycles. The molecule has 0 radical (unpaired) electrons. The average molecular weight is 1370 g/mol. The lowest BCUT2D eigenvalue weighted by Gasteiger charge is -2.36. The Hall–Kier alpha value is -7.28. The van der Waals surface area contributed by atoms with Crippen LogP contribution in [0.5, 0.6) is 69.0 Å². The second-order valence-corrected chi connectivity index (χ2v) is 28.3. The number of unbranched alkanes of at least 4 members (excludes halogenated alkanes) is 32. The maximum Gasteiger partial charge on any atom is 0.231 e. The number of hydrogen-bond donors (Lipinski definition) is 0. The maximum absolute atomic E-state index is 7.07. The molecule has 0 spiro atoms. The van der Waals surface area contributed by atoms with Crippen LogP contribution in [-0.2, 0) is 0 Å². The van der Waals surface area contributed by atoms with Crippen molar-refractivity contribution >= 4 is 0 Å². The van der Waals surface area contributed by atoms with E-state index < -0.39 is 0 Å². The Morgan fingerprint density at radius 2 is 0.390 bits per heavy atom. The van der Waals surface area contributed by atoms with Crippen LogP contribution in [-0.4, -0.2) is 27.2 Å². The van der Waals surface area contributed by atoms with E-state index in [0.29, 0.717) is 69.0 Å². The van der Waals surface area contributed by atoms with Crippen LogP contribution in [0.1, 0.15) is 380 Å². The van der Waals surface area contributed by atoms with Gasteiger partial charge in [-0.2, -0.15) is 0 Å². The number of benzene rings is 4. The minimum absolute atomic E-state index is 0.201. The molecule has 4 heterocycles. The lowest BCUT2D eigenvalue weighted by Crippen LogP contribution is -2.24. The first-order valence-corrected chi connectivity index (χ1v) is 39.7. The van der Waals surface area contributed by atoms with Crippen LogP contribution in [0.25, 0.3) is 0 Å². The summed E-state index contributed by atoms with van der Waals surface area (Å²) in [6.07, 6.45) is 57.7. The minimum Gasteiger partial charge on any atom is -0.453 e. The number of ether oxygens (including phenoxy) is 12. The third-order valence-corrected chi connectivity index (χ3v) is 21.0. The van der Waals surface area contributed by atoms with Crippen LogP contribution in [0, 0.1) is 48.1 Å². The highest BCUT2D eigenvalue weighted by Gasteiger charge is 2.43. The molecule has 100 heavy (non-hydrogen) atoms. The fourth-order valence-corrected chi connectivity index (χ4v) is 15.8. The molecule has 0 aromatic heterocycles. The second-order valence-electron chi connectivity index (χ2n) is 28.3. The van der Waals surface area contributed by atoms with Gasteiger partial charge in [-0.25, -0.2) is 0 Å². The van der Waals surface area contributed by atoms with Gasteiger partial charge in [-0.15, -0.1) is 0 Å². The fraction of sp³-hybridized carbons (Fsp3) is 0.636. The van der Waals surface area contributed by atoms with Gasteiger partial charge in [0.1, 0.15) is 24.4 Å². The molecule has 0 fully saturated rings. The van der Waals surface area contributed by atoms with Crippen molar-refractivity contribution < 1.29 is 56.8 Å². The number of hydrogen-bond acceptors (Lipinski definition) is 12. The summed E-state index contributed by atoms with van der Waals surface area (Å²) in [5.41, 5.74) is 7.62. The van der Waals surface area contributed by atoms with Crippen LogP contribution >= 0.6 is 0 Å². The summed E-state index contributed by atoms with van der Waals surface area (Å²) in [6, 6.07) is 9.50. The van der Waals surface area contributed by atoms with E-state index in [1.165, 1.54) is 154 Å². The summed E-state index contributed by atoms with van der Waals surface area (Å²) in [7, 11) is 0. The molecule has 4 aromatic rings. The van der Waals surface area contributed by atoms with Gasteiger partial charge in [0, 0.05) is 95.9 Å². The molecular formula is C88H120O12. The van der Waals surface area contributed by atoms with Gasteiger partial charge in [0.15, 0.2) is 46.0 Å². The molecule has 1 aliphatic carbocycles. The van der Waals surface area contributed by atoms with Gasteiger partial charge >= 0.3 is 0 Å². The first-order valence-electron chi connectivity index (χ1n) is 39.7. The van der Waals surface area contributed by atoms with Crippen molar-refractivity contribution in [2.45, 2.75) is 336 Å². The average Bonchev–Trinajstić information content (AvgIpc) is 0.725. The summed E-state index contributed by atoms with van der Waals surface area (Å²) in [6.45, 7) is 15.5. The highest BCUT2D eigenvalue weighted by Crippen LogP contribution is 2.62. The molecule has 5 aliphatic rings. The van der Waals surface area contributed by atoms with Gasteiger partial charge in [0.05, 0.1) is 0 Å². The molecule has 0 unspecified atom stereocenters. The molecule has 12 nitrogen and oxygen atoms in total. The molecule has 0 amide bonds. The molecule has 0 N–H and O–H groups in total. The van der Waals surface area contributed by atoms with Crippen molar-refractivity contribution in [3.8, 4) is 117 Å². The summed E-state index contributed by atoms with van der Waals surface area (Å²) < 4.78 is 83.7. The standard InChI is InChI=1S/C88H120O12/c1-9-17-21-25-29-33-37-41-45-49-65-69-57-71-66(50-46-42-38-34-30-26-22-18-10-2)73-59-75-68(52-48-44-40-36-32-28-24-20-12-4)76-60-74-67(51-47-43-39-35-31-27-23-19-11-3)72-58-70(65)78-86(90-54-14-6)80(72)96-63-98-82(74)88(92-56-16-8)84(76)100-64-99-83(75)87(91-55-15-7)81(73)97-62-95-79(71)85(89-53-13-5)77(69)93-61-94-78/h57-60,65-68H,9-12,17-52,61-64H2,1-8H3. The topological polar surface area (TPSA) is 111 Å². The van der Waals surface area contributed by atoms with E-state index in [4.69, 9.17) is 56.8 Å². The normalized spacial score (nSPS) is 16.2. The Balaban J connectivity index is 1.36. The zero-order chi connectivity index (χ0) is 69.9. The van der Waals surface area contributed by atoms with E-state index >= 15 is 0 Å². The van der Waals surface area contributed by atoms with Crippen molar-refractivity contribution in [3.63, 3.8) is 0 Å². The summed E-state index contributed by atoms with van der Waals surface area (Å²) in [5, 5.41) is 0. The molecule has 12 heteroatoms. The lowest BCUT2D eigenvalue weighted by atomic mass is 9.75. The Morgan fingerprint density at radius 3 is 0.540 bits per heavy atom. The molecule has 0 saturated carbocycles. The van der Waals surface area contributed by atoms with E-state index in [1.54, 1.807) is 27.7 Å². The van der Waals surface area contributed by atoms with E-state index in [2.05, 4.69) is 100 Å². The van der Waals surface area contributed by atoms with Crippen LogP contribution in [0.15, 0.2) is 24.3 Å². The zero-order valence-electron chi connectivity index (χ0n) is 62.6. The Bertz CT molecular complexity index is 2890. The Labute approximate surface area is 602 Å². The van der Waals surface area contributed by atoms with Crippen LogP contribution < -0.4 is 56.8 Å². The van der Waals surface area contributed by atoms with Gasteiger partial charge in [0.25, 0.3) is 0 Å². The third kappa shape index (κ3) is 20.5. The fourth-order valence-electron chi connectivity index (χ4n) is 15.8. The van der Waals surface area contributed by atoms with Gasteiger partial charge in [-0.3, -0.25) is 0 Å². The monoisotopic (exact) mass is 1370 g/mol. The summed E-state index contributed by atoms with van der Waals surface area (Å²) in [5.74, 6) is 16.6. The van der Waals surface area contributed by atoms with Crippen molar-refractivity contribution in [2.24, 2.45) is 0 Å². The predicted molar refractivity (Wildman–Crippen MR) is 401 cm³/mol. The second kappa shape index (κ2) is 42.9. The van der Waals surface area contributed by atoms with Crippen molar-refractivity contribution in [1.82, 2.24) is 0 Å².